The number of nitrogens with zero attached hydrogens (tertiary/aromatic N) is 1. The summed E-state index contributed by atoms with van der Waals surface area (Å²) < 4.78 is 31.0. The van der Waals surface area contributed by atoms with E-state index < -0.39 is 15.9 Å². The van der Waals surface area contributed by atoms with Crippen LogP contribution in [0.25, 0.3) is 0 Å². The molecule has 0 radical (unpaired) electrons. The maximum absolute atomic E-state index is 12.4. The van der Waals surface area contributed by atoms with E-state index in [0.29, 0.717) is 22.1 Å². The van der Waals surface area contributed by atoms with Crippen molar-refractivity contribution in [1.82, 2.24) is 0 Å². The summed E-state index contributed by atoms with van der Waals surface area (Å²) in [5.74, 6) is -0.0874. The Morgan fingerprint density at radius 1 is 1.15 bits per heavy atom. The van der Waals surface area contributed by atoms with Crippen molar-refractivity contribution in [2.75, 3.05) is 29.0 Å². The number of amides is 1. The van der Waals surface area contributed by atoms with Crippen LogP contribution in [0, 0.1) is 0 Å². The molecule has 0 aliphatic heterocycles. The van der Waals surface area contributed by atoms with Crippen LogP contribution in [0.15, 0.2) is 42.5 Å². The number of methoxy groups -OCH3 is 1. The molecule has 0 aromatic heterocycles. The van der Waals surface area contributed by atoms with Gasteiger partial charge in [-0.05, 0) is 49.4 Å². The number of anilines is 2. The van der Waals surface area contributed by atoms with E-state index in [9.17, 15) is 13.2 Å². The second kappa shape index (κ2) is 8.62. The maximum Gasteiger partial charge on any atom is 0.245 e. The molecule has 6 nitrogen and oxygen atoms in total. The van der Waals surface area contributed by atoms with E-state index in [4.69, 9.17) is 27.9 Å². The van der Waals surface area contributed by atoms with E-state index in [1.807, 2.05) is 0 Å². The molecule has 2 aromatic carbocycles. The standard InChI is InChI=1S/C17H18Cl2N2O4S/c1-3-26(23,24)21(13-5-7-14(25-2)8-6-13)11-17(22)20-16-9-4-12(18)10-15(16)19/h4-10H,3,11H2,1-2H3,(H,20,22). The van der Waals surface area contributed by atoms with Crippen LogP contribution in [0.4, 0.5) is 11.4 Å². The number of carbonyl (C=O) groups excluding carboxylic acids is 1. The average molecular weight is 417 g/mol. The minimum absolute atomic E-state index is 0.145. The highest BCUT2D eigenvalue weighted by molar-refractivity contribution is 7.92. The highest BCUT2D eigenvalue weighted by Gasteiger charge is 2.24. The molecule has 9 heteroatoms. The Labute approximate surface area is 162 Å². The Hall–Kier alpha value is -1.96. The Morgan fingerprint density at radius 3 is 2.35 bits per heavy atom. The summed E-state index contributed by atoms with van der Waals surface area (Å²) in [5, 5.41) is 3.29. The van der Waals surface area contributed by atoms with Crippen LogP contribution in [-0.4, -0.2) is 33.7 Å². The molecule has 0 unspecified atom stereocenters. The number of benzene rings is 2. The highest BCUT2D eigenvalue weighted by atomic mass is 35.5. The monoisotopic (exact) mass is 416 g/mol. The topological polar surface area (TPSA) is 75.7 Å². The summed E-state index contributed by atoms with van der Waals surface area (Å²) in [5.41, 5.74) is 0.717. The first kappa shape index (κ1) is 20.4. The number of carbonyl (C=O) groups is 1. The van der Waals surface area contributed by atoms with E-state index in [2.05, 4.69) is 5.32 Å². The number of hydrogen-bond donors (Lipinski definition) is 1. The number of rotatable bonds is 7. The minimum atomic E-state index is -3.66. The van der Waals surface area contributed by atoms with Gasteiger partial charge >= 0.3 is 0 Å². The lowest BCUT2D eigenvalue weighted by Crippen LogP contribution is -2.39. The third kappa shape index (κ3) is 5.03. The van der Waals surface area contributed by atoms with Crippen LogP contribution in [0.5, 0.6) is 5.75 Å². The average Bonchev–Trinajstić information content (AvgIpc) is 2.62. The van der Waals surface area contributed by atoms with Crippen molar-refractivity contribution < 1.29 is 17.9 Å². The van der Waals surface area contributed by atoms with Gasteiger partial charge in [-0.1, -0.05) is 23.2 Å². The normalized spacial score (nSPS) is 11.1. The van der Waals surface area contributed by atoms with Crippen LogP contribution in [0.1, 0.15) is 6.92 Å². The zero-order chi connectivity index (χ0) is 19.3. The number of sulfonamides is 1. The van der Waals surface area contributed by atoms with Gasteiger partial charge < -0.3 is 10.1 Å². The third-order valence-corrected chi connectivity index (χ3v) is 5.84. The Kier molecular flexibility index (Phi) is 6.75. The first-order valence-electron chi connectivity index (χ1n) is 7.66. The molecule has 0 fully saturated rings. The molecular formula is C17H18Cl2N2O4S. The molecule has 0 saturated heterocycles. The summed E-state index contributed by atoms with van der Waals surface area (Å²) in [6.07, 6.45) is 0. The first-order valence-corrected chi connectivity index (χ1v) is 10.0. The van der Waals surface area contributed by atoms with Gasteiger partial charge in [0.2, 0.25) is 15.9 Å². The van der Waals surface area contributed by atoms with Crippen LogP contribution in [0.2, 0.25) is 10.0 Å². The number of halogens is 2. The van der Waals surface area contributed by atoms with Gasteiger partial charge in [-0.25, -0.2) is 8.42 Å². The van der Waals surface area contributed by atoms with Crippen molar-refractivity contribution in [2.24, 2.45) is 0 Å². The molecule has 0 aliphatic carbocycles. The van der Waals surface area contributed by atoms with Gasteiger partial charge in [0, 0.05) is 5.02 Å². The van der Waals surface area contributed by atoms with E-state index in [1.165, 1.54) is 20.1 Å². The van der Waals surface area contributed by atoms with Crippen molar-refractivity contribution in [3.63, 3.8) is 0 Å². The SMILES string of the molecule is CCS(=O)(=O)N(CC(=O)Nc1ccc(Cl)cc1Cl)c1ccc(OC)cc1. The lowest BCUT2D eigenvalue weighted by molar-refractivity contribution is -0.114. The molecule has 140 valence electrons. The van der Waals surface area contributed by atoms with Crippen molar-refractivity contribution in [3.8, 4) is 5.75 Å². The maximum atomic E-state index is 12.4. The fourth-order valence-electron chi connectivity index (χ4n) is 2.17. The zero-order valence-electron chi connectivity index (χ0n) is 14.2. The molecule has 0 bridgehead atoms. The fraction of sp³-hybridized carbons (Fsp3) is 0.235. The largest absolute Gasteiger partial charge is 0.497 e. The van der Waals surface area contributed by atoms with Crippen molar-refractivity contribution in [2.45, 2.75) is 6.92 Å². The second-order valence-electron chi connectivity index (χ2n) is 5.28. The molecule has 0 aliphatic rings. The third-order valence-electron chi connectivity index (χ3n) is 3.55. The van der Waals surface area contributed by atoms with Crippen molar-refractivity contribution in [3.05, 3.63) is 52.5 Å². The molecule has 0 spiro atoms. The van der Waals surface area contributed by atoms with E-state index in [-0.39, 0.29) is 17.3 Å². The summed E-state index contributed by atoms with van der Waals surface area (Å²) in [6, 6.07) is 11.0. The molecule has 1 N–H and O–H groups in total. The zero-order valence-corrected chi connectivity index (χ0v) is 16.5. The summed E-state index contributed by atoms with van der Waals surface area (Å²) in [7, 11) is -2.15. The van der Waals surface area contributed by atoms with E-state index >= 15 is 0 Å². The van der Waals surface area contributed by atoms with Gasteiger partial charge in [-0.2, -0.15) is 0 Å². The summed E-state index contributed by atoms with van der Waals surface area (Å²) >= 11 is 11.9. The molecule has 0 heterocycles. The number of hydrogen-bond acceptors (Lipinski definition) is 4. The van der Waals surface area contributed by atoms with Gasteiger partial charge in [0.25, 0.3) is 0 Å². The van der Waals surface area contributed by atoms with Crippen LogP contribution in [-0.2, 0) is 14.8 Å². The predicted octanol–water partition coefficient (Wildman–Crippen LogP) is 3.80. The molecular weight excluding hydrogens is 399 g/mol. The van der Waals surface area contributed by atoms with Crippen LogP contribution < -0.4 is 14.4 Å². The Balaban J connectivity index is 2.24. The molecule has 2 aromatic rings. The van der Waals surface area contributed by atoms with Crippen LogP contribution >= 0.6 is 23.2 Å². The summed E-state index contributed by atoms with van der Waals surface area (Å²) in [6.45, 7) is 1.13. The van der Waals surface area contributed by atoms with Gasteiger partial charge in [-0.15, -0.1) is 0 Å². The molecule has 0 saturated carbocycles. The van der Waals surface area contributed by atoms with Gasteiger partial charge in [0.05, 0.1) is 29.3 Å². The predicted molar refractivity (Wildman–Crippen MR) is 105 cm³/mol. The quantitative estimate of drug-likeness (QED) is 0.744. The molecule has 26 heavy (non-hydrogen) atoms. The van der Waals surface area contributed by atoms with Gasteiger partial charge in [0.15, 0.2) is 0 Å². The first-order chi connectivity index (χ1) is 12.3. The molecule has 2 rings (SSSR count). The highest BCUT2D eigenvalue weighted by Crippen LogP contribution is 2.26. The Morgan fingerprint density at radius 2 is 1.81 bits per heavy atom. The second-order valence-corrected chi connectivity index (χ2v) is 8.30. The van der Waals surface area contributed by atoms with Gasteiger partial charge in [-0.3, -0.25) is 9.10 Å². The van der Waals surface area contributed by atoms with Crippen LogP contribution in [0.3, 0.4) is 0 Å². The van der Waals surface area contributed by atoms with E-state index in [1.54, 1.807) is 36.4 Å². The fourth-order valence-corrected chi connectivity index (χ4v) is 3.69. The molecule has 0 atom stereocenters. The van der Waals surface area contributed by atoms with Gasteiger partial charge in [0.1, 0.15) is 12.3 Å². The molecule has 1 amide bonds. The van der Waals surface area contributed by atoms with E-state index in [0.717, 1.165) is 4.31 Å². The lowest BCUT2D eigenvalue weighted by atomic mass is 10.3. The Bertz CT molecular complexity index is 886. The smallest absolute Gasteiger partial charge is 0.245 e. The summed E-state index contributed by atoms with van der Waals surface area (Å²) in [4.78, 5) is 12.4. The minimum Gasteiger partial charge on any atom is -0.497 e. The van der Waals surface area contributed by atoms with Crippen molar-refractivity contribution >= 4 is 50.5 Å². The van der Waals surface area contributed by atoms with Crippen molar-refractivity contribution in [1.29, 1.82) is 0 Å². The number of ether oxygens (including phenoxy) is 1. The lowest BCUT2D eigenvalue weighted by Gasteiger charge is -2.23. The number of nitrogens with one attached hydrogen (secondary N) is 1.